The molecule has 2 aromatic carbocycles. The first-order chi connectivity index (χ1) is 15.2. The zero-order chi connectivity index (χ0) is 21.5. The van der Waals surface area contributed by atoms with E-state index in [0.29, 0.717) is 18.0 Å². The minimum Gasteiger partial charge on any atom is -0.356 e. The van der Waals surface area contributed by atoms with Gasteiger partial charge in [0.25, 0.3) is 0 Å². The highest BCUT2D eigenvalue weighted by molar-refractivity contribution is 5.92. The molecule has 2 aromatic rings. The van der Waals surface area contributed by atoms with E-state index in [1.807, 2.05) is 23.1 Å². The molecule has 2 aliphatic rings. The van der Waals surface area contributed by atoms with Gasteiger partial charge in [0.05, 0.1) is 17.8 Å². The lowest BCUT2D eigenvalue weighted by Crippen LogP contribution is -2.40. The van der Waals surface area contributed by atoms with Crippen LogP contribution in [0.1, 0.15) is 30.4 Å². The first-order valence-electron chi connectivity index (χ1n) is 11.2. The van der Waals surface area contributed by atoms with Crippen molar-refractivity contribution in [3.05, 3.63) is 77.5 Å². The summed E-state index contributed by atoms with van der Waals surface area (Å²) in [6, 6.07) is 20.3. The molecule has 0 saturated carbocycles. The highest BCUT2D eigenvalue weighted by atomic mass is 16.2. The topological polar surface area (TPSA) is 59.4 Å². The molecule has 1 saturated heterocycles. The van der Waals surface area contributed by atoms with Crippen LogP contribution in [-0.2, 0) is 11.2 Å². The summed E-state index contributed by atoms with van der Waals surface area (Å²) in [5.74, 6) is 0.635. The van der Waals surface area contributed by atoms with E-state index in [4.69, 9.17) is 0 Å². The van der Waals surface area contributed by atoms with Gasteiger partial charge in [0, 0.05) is 18.3 Å². The summed E-state index contributed by atoms with van der Waals surface area (Å²) in [5.41, 5.74) is 3.63. The van der Waals surface area contributed by atoms with Crippen molar-refractivity contribution < 1.29 is 4.79 Å². The van der Waals surface area contributed by atoms with Gasteiger partial charge in [-0.15, -0.1) is 0 Å². The molecule has 2 heterocycles. The monoisotopic (exact) mass is 414 g/mol. The molecule has 5 heteroatoms. The van der Waals surface area contributed by atoms with Crippen LogP contribution < -0.4 is 5.32 Å². The van der Waals surface area contributed by atoms with Crippen molar-refractivity contribution in [2.75, 3.05) is 38.0 Å². The number of hydrogen-bond acceptors (Lipinski definition) is 4. The third-order valence-corrected chi connectivity index (χ3v) is 6.28. The molecule has 1 amide bonds. The highest BCUT2D eigenvalue weighted by Crippen LogP contribution is 2.23. The van der Waals surface area contributed by atoms with Crippen LogP contribution in [0.3, 0.4) is 0 Å². The molecule has 0 bridgehead atoms. The first-order valence-corrected chi connectivity index (χ1v) is 11.2. The average molecular weight is 415 g/mol. The molecule has 160 valence electrons. The van der Waals surface area contributed by atoms with Crippen LogP contribution in [0.5, 0.6) is 0 Å². The molecule has 1 fully saturated rings. The van der Waals surface area contributed by atoms with Crippen molar-refractivity contribution >= 4 is 11.6 Å². The number of amides is 1. The van der Waals surface area contributed by atoms with Crippen molar-refractivity contribution in [1.29, 1.82) is 5.26 Å². The van der Waals surface area contributed by atoms with Gasteiger partial charge in [-0.25, -0.2) is 0 Å². The molecule has 0 aliphatic carbocycles. The number of nitriles is 1. The Labute approximate surface area is 185 Å². The van der Waals surface area contributed by atoms with E-state index in [0.717, 1.165) is 56.8 Å². The summed E-state index contributed by atoms with van der Waals surface area (Å²) < 4.78 is 0. The van der Waals surface area contributed by atoms with Gasteiger partial charge >= 0.3 is 0 Å². The summed E-state index contributed by atoms with van der Waals surface area (Å²) in [7, 11) is 0. The van der Waals surface area contributed by atoms with Gasteiger partial charge in [-0.1, -0.05) is 42.5 Å². The largest absolute Gasteiger partial charge is 0.356 e. The molecule has 4 rings (SSSR count). The fourth-order valence-corrected chi connectivity index (χ4v) is 4.52. The third-order valence-electron chi connectivity index (χ3n) is 6.28. The van der Waals surface area contributed by atoms with E-state index in [1.165, 1.54) is 12.0 Å². The van der Waals surface area contributed by atoms with E-state index in [9.17, 15) is 10.1 Å². The van der Waals surface area contributed by atoms with E-state index >= 15 is 0 Å². The number of hydrogen-bond donors (Lipinski definition) is 1. The van der Waals surface area contributed by atoms with Gasteiger partial charge < -0.3 is 15.1 Å². The number of aryl methyl sites for hydroxylation is 1. The zero-order valence-electron chi connectivity index (χ0n) is 18.0. The van der Waals surface area contributed by atoms with Crippen LogP contribution in [0.25, 0.3) is 0 Å². The summed E-state index contributed by atoms with van der Waals surface area (Å²) in [5, 5.41) is 12.5. The van der Waals surface area contributed by atoms with E-state index in [-0.39, 0.29) is 5.91 Å². The van der Waals surface area contributed by atoms with Crippen molar-refractivity contribution in [1.82, 2.24) is 9.80 Å². The van der Waals surface area contributed by atoms with E-state index in [2.05, 4.69) is 46.6 Å². The number of piperidine rings is 1. The molecule has 0 spiro atoms. The standard InChI is InChI=1S/C26H30N4O/c27-18-23-10-4-5-11-25(23)28-24-17-26(31)30(20-24)19-22-12-15-29(16-13-22)14-6-9-21-7-2-1-3-8-21/h1-5,7-8,10-11,17,22,28H,6,9,12-16,19-20H2. The molecular weight excluding hydrogens is 384 g/mol. The van der Waals surface area contributed by atoms with Crippen LogP contribution >= 0.6 is 0 Å². The minimum absolute atomic E-state index is 0.0715. The second-order valence-corrected chi connectivity index (χ2v) is 8.54. The van der Waals surface area contributed by atoms with Crippen LogP contribution in [0, 0.1) is 17.2 Å². The number of anilines is 1. The summed E-state index contributed by atoms with van der Waals surface area (Å²) in [4.78, 5) is 17.0. The van der Waals surface area contributed by atoms with Crippen LogP contribution in [0.2, 0.25) is 0 Å². The Kier molecular flexibility index (Phi) is 7.01. The Bertz CT molecular complexity index is 955. The number of nitrogens with one attached hydrogen (secondary N) is 1. The van der Waals surface area contributed by atoms with Gasteiger partial charge in [-0.05, 0) is 68.9 Å². The number of rotatable bonds is 8. The Morgan fingerprint density at radius 1 is 1.03 bits per heavy atom. The molecule has 0 aromatic heterocycles. The second kappa shape index (κ2) is 10.3. The number of likely N-dealkylation sites (tertiary alicyclic amines) is 1. The number of benzene rings is 2. The third kappa shape index (κ3) is 5.74. The Balaban J connectivity index is 1.19. The van der Waals surface area contributed by atoms with Gasteiger partial charge in [0.1, 0.15) is 6.07 Å². The number of para-hydroxylation sites is 1. The molecule has 5 nitrogen and oxygen atoms in total. The number of carbonyl (C=O) groups excluding carboxylic acids is 1. The molecule has 1 N–H and O–H groups in total. The fraction of sp³-hybridized carbons (Fsp3) is 0.385. The molecule has 0 radical (unpaired) electrons. The Hall–Kier alpha value is -3.10. The maximum absolute atomic E-state index is 12.5. The van der Waals surface area contributed by atoms with Gasteiger partial charge in [0.2, 0.25) is 5.91 Å². The van der Waals surface area contributed by atoms with Crippen LogP contribution in [0.4, 0.5) is 5.69 Å². The molecule has 0 atom stereocenters. The zero-order valence-corrected chi connectivity index (χ0v) is 18.0. The van der Waals surface area contributed by atoms with Gasteiger partial charge in [-0.2, -0.15) is 5.26 Å². The lowest BCUT2D eigenvalue weighted by molar-refractivity contribution is -0.125. The molecular formula is C26H30N4O. The maximum atomic E-state index is 12.5. The highest BCUT2D eigenvalue weighted by Gasteiger charge is 2.27. The quantitative estimate of drug-likeness (QED) is 0.708. The fourth-order valence-electron chi connectivity index (χ4n) is 4.52. The van der Waals surface area contributed by atoms with Crippen LogP contribution in [-0.4, -0.2) is 48.4 Å². The van der Waals surface area contributed by atoms with Crippen molar-refractivity contribution in [3.8, 4) is 6.07 Å². The SMILES string of the molecule is N#Cc1ccccc1NC1=CC(=O)N(CC2CCN(CCCc3ccccc3)CC2)C1. The van der Waals surface area contributed by atoms with Gasteiger partial charge in [-0.3, -0.25) is 4.79 Å². The summed E-state index contributed by atoms with van der Waals surface area (Å²) >= 11 is 0. The summed E-state index contributed by atoms with van der Waals surface area (Å²) in [6.45, 7) is 4.80. The van der Waals surface area contributed by atoms with E-state index < -0.39 is 0 Å². The Morgan fingerprint density at radius 2 is 1.77 bits per heavy atom. The first kappa shape index (κ1) is 21.1. The minimum atomic E-state index is 0.0715. The smallest absolute Gasteiger partial charge is 0.248 e. The molecule has 0 unspecified atom stereocenters. The predicted molar refractivity (Wildman–Crippen MR) is 123 cm³/mol. The van der Waals surface area contributed by atoms with Gasteiger partial charge in [0.15, 0.2) is 0 Å². The maximum Gasteiger partial charge on any atom is 0.248 e. The van der Waals surface area contributed by atoms with Crippen molar-refractivity contribution in [2.45, 2.75) is 25.7 Å². The van der Waals surface area contributed by atoms with Crippen LogP contribution in [0.15, 0.2) is 66.4 Å². The lowest BCUT2D eigenvalue weighted by atomic mass is 9.96. The second-order valence-electron chi connectivity index (χ2n) is 8.54. The normalized spacial score (nSPS) is 17.5. The Morgan fingerprint density at radius 3 is 2.55 bits per heavy atom. The lowest BCUT2D eigenvalue weighted by Gasteiger charge is -2.34. The molecule has 2 aliphatic heterocycles. The predicted octanol–water partition coefficient (Wildman–Crippen LogP) is 4.04. The number of nitrogens with zero attached hydrogens (tertiary/aromatic N) is 3. The summed E-state index contributed by atoms with van der Waals surface area (Å²) in [6.07, 6.45) is 6.30. The van der Waals surface area contributed by atoms with E-state index in [1.54, 1.807) is 12.1 Å². The average Bonchev–Trinajstić information content (AvgIpc) is 3.14. The van der Waals surface area contributed by atoms with Crippen molar-refractivity contribution in [2.24, 2.45) is 5.92 Å². The molecule has 31 heavy (non-hydrogen) atoms. The van der Waals surface area contributed by atoms with Crippen molar-refractivity contribution in [3.63, 3.8) is 0 Å². The number of carbonyl (C=O) groups is 1.